The number of hydrogen-bond donors (Lipinski definition) is 4. The maximum Gasteiger partial charge on any atom is 0.224 e. The minimum absolute atomic E-state index is 0.186. The Labute approximate surface area is 176 Å². The molecule has 1 aromatic rings. The molecule has 29 heavy (non-hydrogen) atoms. The van der Waals surface area contributed by atoms with Crippen molar-refractivity contribution in [3.05, 3.63) is 34.3 Å². The molecule has 0 radical (unpaired) electrons. The van der Waals surface area contributed by atoms with E-state index in [1.54, 1.807) is 0 Å². The molecular weight excluding hydrogens is 394 g/mol. The van der Waals surface area contributed by atoms with Gasteiger partial charge < -0.3 is 25.0 Å². The van der Waals surface area contributed by atoms with Crippen molar-refractivity contribution in [2.75, 3.05) is 26.9 Å². The molecule has 0 bridgehead atoms. The largest absolute Gasteiger partial charge is 0.387 e. The maximum absolute atomic E-state index is 11.0. The number of ether oxygens (including phenoxy) is 2. The average molecular weight is 425 g/mol. The first-order valence-corrected chi connectivity index (χ1v) is 11.0. The zero-order chi connectivity index (χ0) is 20.3. The van der Waals surface area contributed by atoms with Crippen LogP contribution in [0.3, 0.4) is 0 Å². The fourth-order valence-corrected chi connectivity index (χ4v) is 6.13. The fraction of sp³-hybridized carbons (Fsp3) is 0.714. The van der Waals surface area contributed by atoms with Crippen molar-refractivity contribution in [1.29, 1.82) is 0 Å². The monoisotopic (exact) mass is 424 g/mol. The Morgan fingerprint density at radius 2 is 2.03 bits per heavy atom. The Kier molecular flexibility index (Phi) is 5.16. The highest BCUT2D eigenvalue weighted by Gasteiger charge is 2.61. The molecule has 4 unspecified atom stereocenters. The van der Waals surface area contributed by atoms with Crippen LogP contribution in [0, 0.1) is 5.92 Å². The van der Waals surface area contributed by atoms with Gasteiger partial charge in [0.1, 0.15) is 24.5 Å². The van der Waals surface area contributed by atoms with Gasteiger partial charge in [0.05, 0.1) is 26.9 Å². The van der Waals surface area contributed by atoms with Gasteiger partial charge in [-0.2, -0.15) is 0 Å². The van der Waals surface area contributed by atoms with E-state index in [4.69, 9.17) is 21.1 Å². The molecule has 5 rings (SSSR count). The number of halogens is 1. The van der Waals surface area contributed by atoms with Crippen molar-refractivity contribution in [3.63, 3.8) is 0 Å². The van der Waals surface area contributed by atoms with Gasteiger partial charge in [0.25, 0.3) is 0 Å². The number of rotatable bonds is 2. The second-order valence-electron chi connectivity index (χ2n) is 9.20. The predicted octanol–water partition coefficient (Wildman–Crippen LogP) is 0.732. The maximum atomic E-state index is 11.0. The molecule has 0 spiro atoms. The minimum atomic E-state index is -1.01. The zero-order valence-corrected chi connectivity index (χ0v) is 17.7. The second-order valence-corrected chi connectivity index (χ2v) is 9.63. The molecule has 4 aliphatic rings. The first-order chi connectivity index (χ1) is 13.9. The quantitative estimate of drug-likeness (QED) is 0.524. The topological polar surface area (TPSA) is 83.0 Å². The Hall–Kier alpha value is -0.770. The third kappa shape index (κ3) is 3.15. The van der Waals surface area contributed by atoms with E-state index in [-0.39, 0.29) is 6.17 Å². The Morgan fingerprint density at radius 1 is 1.21 bits per heavy atom. The van der Waals surface area contributed by atoms with Gasteiger partial charge in [-0.3, -0.25) is 9.80 Å². The van der Waals surface area contributed by atoms with Crippen molar-refractivity contribution in [2.24, 2.45) is 5.92 Å². The van der Waals surface area contributed by atoms with Crippen LogP contribution in [-0.2, 0) is 15.9 Å². The van der Waals surface area contributed by atoms with Crippen molar-refractivity contribution in [3.8, 4) is 0 Å². The summed E-state index contributed by atoms with van der Waals surface area (Å²) in [7, 11) is 2.13. The highest BCUT2D eigenvalue weighted by atomic mass is 35.5. The van der Waals surface area contributed by atoms with E-state index >= 15 is 0 Å². The molecule has 4 aliphatic heterocycles. The van der Waals surface area contributed by atoms with Crippen LogP contribution < -0.4 is 10.6 Å². The smallest absolute Gasteiger partial charge is 0.224 e. The van der Waals surface area contributed by atoms with Crippen molar-refractivity contribution >= 4 is 11.6 Å². The van der Waals surface area contributed by atoms with Crippen molar-refractivity contribution < 1.29 is 24.2 Å². The van der Waals surface area contributed by atoms with Gasteiger partial charge in [0, 0.05) is 23.4 Å². The highest BCUT2D eigenvalue weighted by molar-refractivity contribution is 6.30. The molecule has 7 nitrogen and oxygen atoms in total. The number of benzene rings is 1. The molecule has 160 valence electrons. The molecule has 4 heterocycles. The first-order valence-electron chi connectivity index (χ1n) is 10.6. The zero-order valence-electron chi connectivity index (χ0n) is 16.9. The first kappa shape index (κ1) is 20.2. The van der Waals surface area contributed by atoms with E-state index in [9.17, 15) is 10.2 Å². The highest BCUT2D eigenvalue weighted by Crippen LogP contribution is 2.44. The van der Waals surface area contributed by atoms with Crippen molar-refractivity contribution in [1.82, 2.24) is 10.6 Å². The summed E-state index contributed by atoms with van der Waals surface area (Å²) in [6.07, 6.45) is -1.50. The van der Waals surface area contributed by atoms with Crippen LogP contribution in [0.4, 0.5) is 0 Å². The molecule has 0 amide bonds. The number of hydrogen-bond acceptors (Lipinski definition) is 6. The van der Waals surface area contributed by atoms with Crippen LogP contribution in [0.5, 0.6) is 0 Å². The van der Waals surface area contributed by atoms with Crippen LogP contribution in [0.25, 0.3) is 0 Å². The summed E-state index contributed by atoms with van der Waals surface area (Å²) in [6.45, 7) is 4.41. The molecule has 4 N–H and O–H groups in total. The standard InChI is InChI=1S/C21H31ClN3O4/c1-11-14-5-7-25(2,20(14)24-10-23-11)21-17(27)16(26)19(29-21)18-15-9-13(22)4-3-12(15)6-8-28-18/h3-4,9,11,14,16-21,23-24,26-27H,5-8,10H2,1-2H3/q+1/t11?,14?,16-,17+,18+,19-,20?,21+,25?/m0/s1. The lowest BCUT2D eigenvalue weighted by molar-refractivity contribution is -0.972. The lowest BCUT2D eigenvalue weighted by Crippen LogP contribution is -2.69. The molecule has 0 aromatic heterocycles. The Bertz CT molecular complexity index is 782. The minimum Gasteiger partial charge on any atom is -0.387 e. The summed E-state index contributed by atoms with van der Waals surface area (Å²) in [4.78, 5) is 0. The SMILES string of the molecule is CC1NCNC2C1CC[N+]2(C)[C@@H]1O[C@H]([C@@H]2OCCc3ccc(Cl)cc32)[C@@H](O)[C@H]1O. The average Bonchev–Trinajstić information content (AvgIpc) is 3.21. The normalized spacial score (nSPS) is 47.1. The van der Waals surface area contributed by atoms with Gasteiger partial charge in [-0.25, -0.2) is 0 Å². The number of aliphatic hydroxyl groups is 2. The Balaban J connectivity index is 1.43. The molecule has 3 saturated heterocycles. The lowest BCUT2D eigenvalue weighted by atomic mass is 9.92. The van der Waals surface area contributed by atoms with Gasteiger partial charge in [-0.05, 0) is 36.6 Å². The lowest BCUT2D eigenvalue weighted by Gasteiger charge is -2.45. The third-order valence-electron chi connectivity index (χ3n) is 7.60. The number of nitrogens with one attached hydrogen (secondary N) is 2. The molecule has 1 aromatic carbocycles. The summed E-state index contributed by atoms with van der Waals surface area (Å²) >= 11 is 6.23. The summed E-state index contributed by atoms with van der Waals surface area (Å²) in [6, 6.07) is 6.21. The third-order valence-corrected chi connectivity index (χ3v) is 7.84. The van der Waals surface area contributed by atoms with Crippen LogP contribution in [0.1, 0.15) is 30.6 Å². The summed E-state index contributed by atoms with van der Waals surface area (Å²) in [5.74, 6) is 0.464. The van der Waals surface area contributed by atoms with Crippen LogP contribution in [0.2, 0.25) is 5.02 Å². The molecule has 3 fully saturated rings. The van der Waals surface area contributed by atoms with E-state index in [1.165, 1.54) is 0 Å². The number of aliphatic hydroxyl groups excluding tert-OH is 2. The van der Waals surface area contributed by atoms with Crippen LogP contribution in [-0.4, -0.2) is 78.3 Å². The number of fused-ring (bicyclic) bond motifs is 2. The van der Waals surface area contributed by atoms with Gasteiger partial charge in [0.15, 0.2) is 6.10 Å². The Morgan fingerprint density at radius 3 is 2.86 bits per heavy atom. The number of nitrogens with zero attached hydrogens (tertiary/aromatic N) is 1. The fourth-order valence-electron chi connectivity index (χ4n) is 5.95. The molecular formula is C21H31ClN3O4+. The molecule has 0 aliphatic carbocycles. The number of quaternary nitrogens is 1. The summed E-state index contributed by atoms with van der Waals surface area (Å²) in [5, 5.41) is 29.7. The van der Waals surface area contributed by atoms with Crippen LogP contribution in [0.15, 0.2) is 18.2 Å². The van der Waals surface area contributed by atoms with E-state index in [1.807, 2.05) is 18.2 Å². The molecule has 8 heteroatoms. The molecule has 0 saturated carbocycles. The van der Waals surface area contributed by atoms with Gasteiger partial charge in [0.2, 0.25) is 6.23 Å². The predicted molar refractivity (Wildman–Crippen MR) is 108 cm³/mol. The number of likely N-dealkylation sites (N-methyl/N-ethyl adjacent to an activating group) is 1. The van der Waals surface area contributed by atoms with E-state index in [0.29, 0.717) is 28.1 Å². The van der Waals surface area contributed by atoms with E-state index in [2.05, 4.69) is 24.6 Å². The van der Waals surface area contributed by atoms with Gasteiger partial charge in [-0.1, -0.05) is 17.7 Å². The van der Waals surface area contributed by atoms with E-state index in [0.717, 1.165) is 37.2 Å². The summed E-state index contributed by atoms with van der Waals surface area (Å²) < 4.78 is 13.0. The second kappa shape index (κ2) is 7.43. The van der Waals surface area contributed by atoms with Gasteiger partial charge >= 0.3 is 0 Å². The summed E-state index contributed by atoms with van der Waals surface area (Å²) in [5.41, 5.74) is 2.12. The van der Waals surface area contributed by atoms with Crippen LogP contribution >= 0.6 is 11.6 Å². The van der Waals surface area contributed by atoms with E-state index < -0.39 is 30.6 Å². The number of likely N-dealkylation sites (tertiary alicyclic amines) is 1. The van der Waals surface area contributed by atoms with Gasteiger partial charge in [-0.15, -0.1) is 0 Å². The molecule has 9 atom stereocenters. The van der Waals surface area contributed by atoms with Crippen molar-refractivity contribution in [2.45, 2.75) is 62.6 Å².